The van der Waals surface area contributed by atoms with Crippen molar-refractivity contribution in [2.45, 2.75) is 57.7 Å². The van der Waals surface area contributed by atoms with E-state index in [1.807, 2.05) is 0 Å². The molecule has 1 fully saturated rings. The first kappa shape index (κ1) is 25.2. The number of fused-ring (bicyclic) bond motifs is 1. The molecule has 1 saturated carbocycles. The van der Waals surface area contributed by atoms with Gasteiger partial charge in [-0.3, -0.25) is 19.3 Å². The van der Waals surface area contributed by atoms with Crippen LogP contribution in [-0.4, -0.2) is 55.0 Å². The van der Waals surface area contributed by atoms with Gasteiger partial charge < -0.3 is 19.5 Å². The lowest BCUT2D eigenvalue weighted by Crippen LogP contribution is -2.42. The number of ether oxygens (including phenoxy) is 3. The van der Waals surface area contributed by atoms with Gasteiger partial charge in [-0.05, 0) is 44.0 Å². The second kappa shape index (κ2) is 10.8. The summed E-state index contributed by atoms with van der Waals surface area (Å²) in [6, 6.07) is 9.61. The minimum atomic E-state index is -0.993. The molecule has 36 heavy (non-hydrogen) atoms. The van der Waals surface area contributed by atoms with E-state index in [0.29, 0.717) is 16.7 Å². The number of amides is 3. The van der Waals surface area contributed by atoms with Crippen molar-refractivity contribution in [3.8, 4) is 11.5 Å². The zero-order valence-corrected chi connectivity index (χ0v) is 20.7. The minimum Gasteiger partial charge on any atom is -0.493 e. The van der Waals surface area contributed by atoms with E-state index in [0.717, 1.165) is 30.6 Å². The zero-order chi connectivity index (χ0) is 25.8. The van der Waals surface area contributed by atoms with Crippen molar-refractivity contribution in [2.24, 2.45) is 0 Å². The summed E-state index contributed by atoms with van der Waals surface area (Å²) in [4.78, 5) is 52.4. The Morgan fingerprint density at radius 2 is 1.64 bits per heavy atom. The van der Waals surface area contributed by atoms with Crippen LogP contribution in [0.4, 0.5) is 0 Å². The Balaban J connectivity index is 1.53. The summed E-state index contributed by atoms with van der Waals surface area (Å²) in [5.41, 5.74) is 1.14. The Morgan fingerprint density at radius 1 is 1.00 bits per heavy atom. The second-order valence-electron chi connectivity index (χ2n) is 9.00. The summed E-state index contributed by atoms with van der Waals surface area (Å²) in [6.07, 6.45) is 4.15. The van der Waals surface area contributed by atoms with Crippen LogP contribution in [0.25, 0.3) is 0 Å². The van der Waals surface area contributed by atoms with Gasteiger partial charge in [0.25, 0.3) is 17.7 Å². The Kier molecular flexibility index (Phi) is 7.57. The van der Waals surface area contributed by atoms with E-state index < -0.39 is 23.9 Å². The maximum Gasteiger partial charge on any atom is 0.339 e. The predicted octanol–water partition coefficient (Wildman–Crippen LogP) is 3.49. The van der Waals surface area contributed by atoms with Gasteiger partial charge in [0.2, 0.25) is 0 Å². The number of hydrogen-bond acceptors (Lipinski definition) is 7. The SMILES string of the molecule is COc1cc(C(=O)OC(C)C(=O)NC2CCCCC2)cc(CN2C(=O)c3ccccc3C2=O)c1OC. The van der Waals surface area contributed by atoms with Gasteiger partial charge in [0.1, 0.15) is 0 Å². The highest BCUT2D eigenvalue weighted by molar-refractivity contribution is 6.21. The van der Waals surface area contributed by atoms with E-state index in [2.05, 4.69) is 5.32 Å². The van der Waals surface area contributed by atoms with Crippen molar-refractivity contribution in [3.63, 3.8) is 0 Å². The minimum absolute atomic E-state index is 0.0970. The number of methoxy groups -OCH3 is 2. The maximum absolute atomic E-state index is 13.0. The average Bonchev–Trinajstić information content (AvgIpc) is 3.13. The molecule has 0 saturated heterocycles. The smallest absolute Gasteiger partial charge is 0.339 e. The molecular formula is C27H30N2O7. The van der Waals surface area contributed by atoms with Crippen LogP contribution >= 0.6 is 0 Å². The zero-order valence-electron chi connectivity index (χ0n) is 20.7. The Morgan fingerprint density at radius 3 is 2.22 bits per heavy atom. The largest absolute Gasteiger partial charge is 0.493 e. The number of hydrogen-bond donors (Lipinski definition) is 1. The number of benzene rings is 2. The number of carbonyl (C=O) groups is 4. The van der Waals surface area contributed by atoms with Gasteiger partial charge in [-0.25, -0.2) is 4.79 Å². The van der Waals surface area contributed by atoms with E-state index in [-0.39, 0.29) is 35.6 Å². The van der Waals surface area contributed by atoms with Gasteiger partial charge in [-0.2, -0.15) is 0 Å². The van der Waals surface area contributed by atoms with Crippen LogP contribution in [0.15, 0.2) is 36.4 Å². The molecule has 1 aliphatic heterocycles. The van der Waals surface area contributed by atoms with E-state index in [1.165, 1.54) is 39.7 Å². The van der Waals surface area contributed by atoms with Crippen LogP contribution in [0.2, 0.25) is 0 Å². The Hall–Kier alpha value is -3.88. The van der Waals surface area contributed by atoms with Crippen LogP contribution in [0.3, 0.4) is 0 Å². The fraction of sp³-hybridized carbons (Fsp3) is 0.407. The predicted molar refractivity (Wildman–Crippen MR) is 130 cm³/mol. The molecule has 9 heteroatoms. The molecule has 1 aliphatic carbocycles. The van der Waals surface area contributed by atoms with Crippen LogP contribution < -0.4 is 14.8 Å². The van der Waals surface area contributed by atoms with Gasteiger partial charge in [-0.1, -0.05) is 31.4 Å². The fourth-order valence-corrected chi connectivity index (χ4v) is 4.68. The van der Waals surface area contributed by atoms with Gasteiger partial charge in [0, 0.05) is 11.6 Å². The highest BCUT2D eigenvalue weighted by atomic mass is 16.5. The van der Waals surface area contributed by atoms with E-state index in [1.54, 1.807) is 24.3 Å². The van der Waals surface area contributed by atoms with Crippen LogP contribution in [0.1, 0.15) is 75.7 Å². The molecular weight excluding hydrogens is 464 g/mol. The molecule has 1 N–H and O–H groups in total. The van der Waals surface area contributed by atoms with Crippen LogP contribution in [0, 0.1) is 0 Å². The lowest BCUT2D eigenvalue weighted by molar-refractivity contribution is -0.130. The summed E-state index contributed by atoms with van der Waals surface area (Å²) < 4.78 is 16.3. The average molecular weight is 495 g/mol. The van der Waals surface area contributed by atoms with Crippen molar-refractivity contribution in [3.05, 3.63) is 58.7 Å². The summed E-state index contributed by atoms with van der Waals surface area (Å²) >= 11 is 0. The number of carbonyl (C=O) groups excluding carboxylic acids is 4. The lowest BCUT2D eigenvalue weighted by atomic mass is 9.95. The molecule has 0 bridgehead atoms. The maximum atomic E-state index is 13.0. The second-order valence-corrected chi connectivity index (χ2v) is 9.00. The molecule has 1 heterocycles. The summed E-state index contributed by atoms with van der Waals surface area (Å²) in [5.74, 6) is -1.42. The number of nitrogens with one attached hydrogen (secondary N) is 1. The fourth-order valence-electron chi connectivity index (χ4n) is 4.68. The monoisotopic (exact) mass is 494 g/mol. The molecule has 3 amide bonds. The summed E-state index contributed by atoms with van der Waals surface area (Å²) in [7, 11) is 2.85. The van der Waals surface area contributed by atoms with Crippen molar-refractivity contribution >= 4 is 23.7 Å². The highest BCUT2D eigenvalue weighted by Crippen LogP contribution is 2.35. The topological polar surface area (TPSA) is 111 Å². The molecule has 1 atom stereocenters. The molecule has 0 spiro atoms. The van der Waals surface area contributed by atoms with Crippen molar-refractivity contribution in [1.29, 1.82) is 0 Å². The molecule has 9 nitrogen and oxygen atoms in total. The first-order valence-electron chi connectivity index (χ1n) is 12.1. The molecule has 4 rings (SSSR count). The molecule has 2 aromatic carbocycles. The van der Waals surface area contributed by atoms with E-state index in [4.69, 9.17) is 14.2 Å². The molecule has 2 aliphatic rings. The third kappa shape index (κ3) is 5.05. The number of rotatable bonds is 8. The normalized spacial score (nSPS) is 16.4. The van der Waals surface area contributed by atoms with Gasteiger partial charge in [0.15, 0.2) is 17.6 Å². The summed E-state index contributed by atoms with van der Waals surface area (Å²) in [6.45, 7) is 1.39. The van der Waals surface area contributed by atoms with Crippen molar-refractivity contribution in [1.82, 2.24) is 10.2 Å². The lowest BCUT2D eigenvalue weighted by Gasteiger charge is -2.24. The van der Waals surface area contributed by atoms with Gasteiger partial charge in [0.05, 0.1) is 37.5 Å². The molecule has 0 radical (unpaired) electrons. The molecule has 1 unspecified atom stereocenters. The van der Waals surface area contributed by atoms with E-state index >= 15 is 0 Å². The molecule has 190 valence electrons. The summed E-state index contributed by atoms with van der Waals surface area (Å²) in [5, 5.41) is 2.95. The van der Waals surface area contributed by atoms with Gasteiger partial charge >= 0.3 is 5.97 Å². The standard InChI is InChI=1S/C27H30N2O7/c1-16(24(30)28-19-9-5-4-6-10-19)36-27(33)17-13-18(23(35-3)22(14-17)34-2)15-29-25(31)20-11-7-8-12-21(20)26(29)32/h7-8,11-14,16,19H,4-6,9-10,15H2,1-3H3,(H,28,30). The van der Waals surface area contributed by atoms with Crippen LogP contribution in [0.5, 0.6) is 11.5 Å². The first-order valence-corrected chi connectivity index (χ1v) is 12.1. The Labute approximate surface area is 209 Å². The molecule has 0 aromatic heterocycles. The highest BCUT2D eigenvalue weighted by Gasteiger charge is 2.36. The Bertz CT molecular complexity index is 1150. The van der Waals surface area contributed by atoms with Gasteiger partial charge in [-0.15, -0.1) is 0 Å². The van der Waals surface area contributed by atoms with Crippen LogP contribution in [-0.2, 0) is 16.1 Å². The van der Waals surface area contributed by atoms with Crippen molar-refractivity contribution in [2.75, 3.05) is 14.2 Å². The number of imide groups is 1. The van der Waals surface area contributed by atoms with Crippen molar-refractivity contribution < 1.29 is 33.4 Å². The first-order chi connectivity index (χ1) is 17.3. The van der Waals surface area contributed by atoms with E-state index in [9.17, 15) is 19.2 Å². The third-order valence-electron chi connectivity index (χ3n) is 6.60. The number of esters is 1. The molecule has 2 aromatic rings. The number of nitrogens with zero attached hydrogens (tertiary/aromatic N) is 1. The third-order valence-corrected chi connectivity index (χ3v) is 6.60. The quantitative estimate of drug-likeness (QED) is 0.442.